The van der Waals surface area contributed by atoms with Crippen LogP contribution >= 0.6 is 23.2 Å². The van der Waals surface area contributed by atoms with E-state index in [9.17, 15) is 8.42 Å². The molecule has 0 saturated carbocycles. The number of rotatable bonds is 4. The van der Waals surface area contributed by atoms with E-state index < -0.39 is 15.9 Å². The van der Waals surface area contributed by atoms with Gasteiger partial charge in [0.05, 0.1) is 20.7 Å². The lowest BCUT2D eigenvalue weighted by atomic mass is 10.0. The van der Waals surface area contributed by atoms with Crippen LogP contribution in [0.2, 0.25) is 10.0 Å². The molecule has 0 aromatic heterocycles. The summed E-state index contributed by atoms with van der Waals surface area (Å²) in [5.41, 5.74) is 7.84. The number of nitrogens with two attached hydrogens (primary N) is 1. The highest BCUT2D eigenvalue weighted by Gasteiger charge is 2.21. The first-order chi connectivity index (χ1) is 9.81. The van der Waals surface area contributed by atoms with E-state index in [1.807, 2.05) is 31.2 Å². The summed E-state index contributed by atoms with van der Waals surface area (Å²) in [7, 11) is -3.53. The van der Waals surface area contributed by atoms with Crippen molar-refractivity contribution in [3.8, 4) is 0 Å². The van der Waals surface area contributed by atoms with Gasteiger partial charge in [0.15, 0.2) is 9.84 Å². The molecule has 0 aliphatic carbocycles. The monoisotopic (exact) mass is 343 g/mol. The van der Waals surface area contributed by atoms with E-state index in [0.717, 1.165) is 11.1 Å². The van der Waals surface area contributed by atoms with E-state index in [-0.39, 0.29) is 15.7 Å². The summed E-state index contributed by atoms with van der Waals surface area (Å²) < 4.78 is 24.8. The Bertz CT molecular complexity index is 760. The highest BCUT2D eigenvalue weighted by Crippen LogP contribution is 2.27. The van der Waals surface area contributed by atoms with Gasteiger partial charge in [-0.15, -0.1) is 0 Å². The average molecular weight is 344 g/mol. The van der Waals surface area contributed by atoms with Gasteiger partial charge >= 0.3 is 0 Å². The molecular formula is C15H15Cl2NO2S. The summed E-state index contributed by atoms with van der Waals surface area (Å²) in [6.07, 6.45) is 0. The molecule has 2 aromatic rings. The Kier molecular flexibility index (Phi) is 4.94. The minimum absolute atomic E-state index is 0.126. The summed E-state index contributed by atoms with van der Waals surface area (Å²) in [5.74, 6) is -0.185. The van der Waals surface area contributed by atoms with Crippen LogP contribution in [0.4, 0.5) is 0 Å². The van der Waals surface area contributed by atoms with E-state index in [1.165, 1.54) is 18.2 Å². The molecule has 2 N–H and O–H groups in total. The van der Waals surface area contributed by atoms with Crippen molar-refractivity contribution in [1.82, 2.24) is 0 Å². The van der Waals surface area contributed by atoms with Crippen molar-refractivity contribution in [3.63, 3.8) is 0 Å². The second-order valence-electron chi connectivity index (χ2n) is 4.82. The Morgan fingerprint density at radius 1 is 1.10 bits per heavy atom. The number of benzene rings is 2. The highest BCUT2D eigenvalue weighted by atomic mass is 35.5. The average Bonchev–Trinajstić information content (AvgIpc) is 2.41. The van der Waals surface area contributed by atoms with Crippen molar-refractivity contribution < 1.29 is 8.42 Å². The van der Waals surface area contributed by atoms with Gasteiger partial charge in [0.2, 0.25) is 0 Å². The Morgan fingerprint density at radius 2 is 1.76 bits per heavy atom. The van der Waals surface area contributed by atoms with Crippen molar-refractivity contribution >= 4 is 33.0 Å². The van der Waals surface area contributed by atoms with Gasteiger partial charge in [0.1, 0.15) is 0 Å². The number of aryl methyl sites for hydroxylation is 1. The molecule has 112 valence electrons. The van der Waals surface area contributed by atoms with Crippen LogP contribution in [-0.2, 0) is 9.84 Å². The largest absolute Gasteiger partial charge is 0.323 e. The van der Waals surface area contributed by atoms with Crippen LogP contribution in [0.15, 0.2) is 47.4 Å². The topological polar surface area (TPSA) is 60.2 Å². The quantitative estimate of drug-likeness (QED) is 0.918. The predicted molar refractivity (Wildman–Crippen MR) is 86.6 cm³/mol. The molecule has 21 heavy (non-hydrogen) atoms. The number of hydrogen-bond donors (Lipinski definition) is 1. The van der Waals surface area contributed by atoms with Gasteiger partial charge < -0.3 is 5.73 Å². The minimum atomic E-state index is -3.53. The van der Waals surface area contributed by atoms with Crippen molar-refractivity contribution in [2.75, 3.05) is 5.75 Å². The zero-order chi connectivity index (χ0) is 15.6. The smallest absolute Gasteiger partial charge is 0.180 e. The lowest BCUT2D eigenvalue weighted by Gasteiger charge is -2.15. The highest BCUT2D eigenvalue weighted by molar-refractivity contribution is 7.91. The molecule has 0 heterocycles. The standard InChI is InChI=1S/C15H15Cl2NO2S/c1-10-4-2-3-5-12(10)15(18)9-21(19,20)11-6-7-13(16)14(17)8-11/h2-8,15H,9,18H2,1H3. The molecule has 0 amide bonds. The summed E-state index contributed by atoms with van der Waals surface area (Å²) in [5, 5.41) is 0.529. The molecule has 1 unspecified atom stereocenters. The molecule has 0 bridgehead atoms. The number of halogens is 2. The second-order valence-corrected chi connectivity index (χ2v) is 7.67. The Labute approximate surface area is 134 Å². The minimum Gasteiger partial charge on any atom is -0.323 e. The van der Waals surface area contributed by atoms with Crippen molar-refractivity contribution in [2.45, 2.75) is 17.9 Å². The molecule has 0 spiro atoms. The van der Waals surface area contributed by atoms with Crippen molar-refractivity contribution in [2.24, 2.45) is 5.73 Å². The van der Waals surface area contributed by atoms with Crippen LogP contribution in [0, 0.1) is 6.92 Å². The van der Waals surface area contributed by atoms with Gasteiger partial charge in [-0.25, -0.2) is 8.42 Å². The third kappa shape index (κ3) is 3.77. The molecule has 0 radical (unpaired) electrons. The molecule has 6 heteroatoms. The zero-order valence-electron chi connectivity index (χ0n) is 11.4. The molecule has 0 aliphatic rings. The Hall–Kier alpha value is -1.07. The maximum atomic E-state index is 12.4. The Morgan fingerprint density at radius 3 is 2.38 bits per heavy atom. The predicted octanol–water partition coefficient (Wildman–Crippen LogP) is 3.78. The lowest BCUT2D eigenvalue weighted by molar-refractivity contribution is 0.588. The van der Waals surface area contributed by atoms with E-state index in [4.69, 9.17) is 28.9 Å². The molecule has 2 rings (SSSR count). The molecule has 0 saturated heterocycles. The molecule has 2 aromatic carbocycles. The first-order valence-corrected chi connectivity index (χ1v) is 8.71. The van der Waals surface area contributed by atoms with Crippen LogP contribution in [0.1, 0.15) is 17.2 Å². The van der Waals surface area contributed by atoms with E-state index in [2.05, 4.69) is 0 Å². The molecule has 0 fully saturated rings. The molecular weight excluding hydrogens is 329 g/mol. The molecule has 3 nitrogen and oxygen atoms in total. The number of sulfone groups is 1. The van der Waals surface area contributed by atoms with Crippen LogP contribution < -0.4 is 5.73 Å². The summed E-state index contributed by atoms with van der Waals surface area (Å²) in [6, 6.07) is 11.1. The second kappa shape index (κ2) is 6.36. The van der Waals surface area contributed by atoms with Crippen LogP contribution in [0.5, 0.6) is 0 Å². The lowest BCUT2D eigenvalue weighted by Crippen LogP contribution is -2.22. The van der Waals surface area contributed by atoms with E-state index in [0.29, 0.717) is 5.02 Å². The van der Waals surface area contributed by atoms with Gasteiger partial charge in [-0.3, -0.25) is 0 Å². The summed E-state index contributed by atoms with van der Waals surface area (Å²) >= 11 is 11.7. The normalized spacial score (nSPS) is 13.1. The zero-order valence-corrected chi connectivity index (χ0v) is 13.7. The third-order valence-electron chi connectivity index (χ3n) is 3.24. The van der Waals surface area contributed by atoms with E-state index in [1.54, 1.807) is 0 Å². The maximum absolute atomic E-state index is 12.4. The van der Waals surface area contributed by atoms with Crippen LogP contribution in [-0.4, -0.2) is 14.2 Å². The third-order valence-corrected chi connectivity index (χ3v) is 5.75. The summed E-state index contributed by atoms with van der Waals surface area (Å²) in [4.78, 5) is 0.126. The van der Waals surface area contributed by atoms with Gasteiger partial charge in [-0.05, 0) is 36.2 Å². The fraction of sp³-hybridized carbons (Fsp3) is 0.200. The SMILES string of the molecule is Cc1ccccc1C(N)CS(=O)(=O)c1ccc(Cl)c(Cl)c1. The Balaban J connectivity index is 2.29. The maximum Gasteiger partial charge on any atom is 0.180 e. The van der Waals surface area contributed by atoms with E-state index >= 15 is 0 Å². The van der Waals surface area contributed by atoms with Crippen molar-refractivity contribution in [1.29, 1.82) is 0 Å². The van der Waals surface area contributed by atoms with Gasteiger partial charge in [-0.1, -0.05) is 47.5 Å². The van der Waals surface area contributed by atoms with Gasteiger partial charge in [0, 0.05) is 6.04 Å². The first kappa shape index (κ1) is 16.3. The first-order valence-electron chi connectivity index (χ1n) is 6.30. The van der Waals surface area contributed by atoms with Gasteiger partial charge in [-0.2, -0.15) is 0 Å². The van der Waals surface area contributed by atoms with Crippen LogP contribution in [0.25, 0.3) is 0 Å². The fourth-order valence-corrected chi connectivity index (χ4v) is 3.88. The fourth-order valence-electron chi connectivity index (χ4n) is 2.10. The number of hydrogen-bond acceptors (Lipinski definition) is 3. The van der Waals surface area contributed by atoms with Crippen molar-refractivity contribution in [3.05, 3.63) is 63.6 Å². The summed E-state index contributed by atoms with van der Waals surface area (Å²) in [6.45, 7) is 1.90. The molecule has 0 aliphatic heterocycles. The van der Waals surface area contributed by atoms with Gasteiger partial charge in [0.25, 0.3) is 0 Å². The van der Waals surface area contributed by atoms with Crippen LogP contribution in [0.3, 0.4) is 0 Å². The molecule has 1 atom stereocenters.